The summed E-state index contributed by atoms with van der Waals surface area (Å²) in [4.78, 5) is 0. The standard InChI is InChI=1S/C10H7F6IO2/c1-2-18-8-3-5(9(11,12)13)7(4-6(8)17)19-10(14,15)16/h3-4H,2H2,1H3. The summed E-state index contributed by atoms with van der Waals surface area (Å²) in [6.07, 6.45) is -10.2. The number of halogens is 7. The molecule has 0 heterocycles. The van der Waals surface area contributed by atoms with E-state index in [4.69, 9.17) is 4.74 Å². The van der Waals surface area contributed by atoms with Crippen LogP contribution < -0.4 is 9.47 Å². The first-order valence-corrected chi connectivity index (χ1v) is 5.91. The normalized spacial score (nSPS) is 12.4. The molecule has 0 aliphatic rings. The van der Waals surface area contributed by atoms with Crippen LogP contribution in [0.2, 0.25) is 0 Å². The average molecular weight is 400 g/mol. The number of rotatable bonds is 3. The van der Waals surface area contributed by atoms with Gasteiger partial charge in [0.15, 0.2) is 0 Å². The zero-order chi connectivity index (χ0) is 14.8. The van der Waals surface area contributed by atoms with Crippen LogP contribution >= 0.6 is 22.6 Å². The summed E-state index contributed by atoms with van der Waals surface area (Å²) in [6, 6.07) is 1.13. The quantitative estimate of drug-likeness (QED) is 0.545. The van der Waals surface area contributed by atoms with Gasteiger partial charge >= 0.3 is 12.5 Å². The summed E-state index contributed by atoms with van der Waals surface area (Å²) < 4.78 is 82.6. The molecule has 108 valence electrons. The zero-order valence-corrected chi connectivity index (χ0v) is 11.5. The first-order valence-electron chi connectivity index (χ1n) is 4.84. The fourth-order valence-electron chi connectivity index (χ4n) is 1.23. The van der Waals surface area contributed by atoms with Crippen LogP contribution in [-0.4, -0.2) is 13.0 Å². The third-order valence-electron chi connectivity index (χ3n) is 1.87. The Kier molecular flexibility index (Phi) is 4.80. The van der Waals surface area contributed by atoms with Crippen LogP contribution in [0.1, 0.15) is 12.5 Å². The lowest BCUT2D eigenvalue weighted by atomic mass is 10.2. The second-order valence-corrected chi connectivity index (χ2v) is 4.42. The molecule has 0 aliphatic heterocycles. The molecule has 2 nitrogen and oxygen atoms in total. The van der Waals surface area contributed by atoms with Gasteiger partial charge in [-0.25, -0.2) is 0 Å². The molecule has 0 aromatic heterocycles. The minimum Gasteiger partial charge on any atom is -0.493 e. The lowest BCUT2D eigenvalue weighted by molar-refractivity contribution is -0.276. The van der Waals surface area contributed by atoms with E-state index in [-0.39, 0.29) is 15.9 Å². The molecular formula is C10H7F6IO2. The molecule has 0 spiro atoms. The van der Waals surface area contributed by atoms with Gasteiger partial charge in [-0.3, -0.25) is 0 Å². The SMILES string of the molecule is CCOc1cc(C(F)(F)F)c(OC(F)(F)F)cc1I. The highest BCUT2D eigenvalue weighted by Crippen LogP contribution is 2.42. The number of benzene rings is 1. The second kappa shape index (κ2) is 5.63. The fraction of sp³-hybridized carbons (Fsp3) is 0.400. The molecule has 0 unspecified atom stereocenters. The van der Waals surface area contributed by atoms with Gasteiger partial charge in [0, 0.05) is 0 Å². The van der Waals surface area contributed by atoms with Crippen molar-refractivity contribution in [1.82, 2.24) is 0 Å². The molecule has 1 aromatic rings. The van der Waals surface area contributed by atoms with Gasteiger partial charge < -0.3 is 9.47 Å². The van der Waals surface area contributed by atoms with Crippen LogP contribution in [0.3, 0.4) is 0 Å². The highest BCUT2D eigenvalue weighted by atomic mass is 127. The Balaban J connectivity index is 3.33. The van der Waals surface area contributed by atoms with Crippen molar-refractivity contribution in [2.24, 2.45) is 0 Å². The van der Waals surface area contributed by atoms with E-state index >= 15 is 0 Å². The molecular weight excluding hydrogens is 393 g/mol. The van der Waals surface area contributed by atoms with E-state index in [1.54, 1.807) is 29.5 Å². The van der Waals surface area contributed by atoms with Crippen LogP contribution in [0.5, 0.6) is 11.5 Å². The van der Waals surface area contributed by atoms with Crippen molar-refractivity contribution < 1.29 is 35.8 Å². The second-order valence-electron chi connectivity index (χ2n) is 3.26. The summed E-state index contributed by atoms with van der Waals surface area (Å²) in [5.74, 6) is -1.45. The predicted molar refractivity (Wildman–Crippen MR) is 62.0 cm³/mol. The van der Waals surface area contributed by atoms with E-state index in [0.29, 0.717) is 12.1 Å². The Hall–Kier alpha value is -0.870. The minimum absolute atomic E-state index is 0.0895. The summed E-state index contributed by atoms with van der Waals surface area (Å²) in [6.45, 7) is 1.64. The zero-order valence-electron chi connectivity index (χ0n) is 9.32. The molecule has 0 saturated heterocycles. The topological polar surface area (TPSA) is 18.5 Å². The number of alkyl halides is 6. The van der Waals surface area contributed by atoms with Crippen LogP contribution in [0.4, 0.5) is 26.3 Å². The number of hydrogen-bond donors (Lipinski definition) is 0. The van der Waals surface area contributed by atoms with Crippen molar-refractivity contribution in [3.8, 4) is 11.5 Å². The summed E-state index contributed by atoms with van der Waals surface area (Å²) in [7, 11) is 0. The van der Waals surface area contributed by atoms with Crippen molar-refractivity contribution >= 4 is 22.6 Å². The van der Waals surface area contributed by atoms with Gasteiger partial charge in [0.1, 0.15) is 17.1 Å². The van der Waals surface area contributed by atoms with Gasteiger partial charge in [0.2, 0.25) is 0 Å². The number of ether oxygens (including phenoxy) is 2. The maximum Gasteiger partial charge on any atom is 0.573 e. The van der Waals surface area contributed by atoms with Gasteiger partial charge in [-0.15, -0.1) is 13.2 Å². The smallest absolute Gasteiger partial charge is 0.493 e. The van der Waals surface area contributed by atoms with Gasteiger partial charge in [-0.2, -0.15) is 13.2 Å². The van der Waals surface area contributed by atoms with Crippen LogP contribution in [-0.2, 0) is 6.18 Å². The largest absolute Gasteiger partial charge is 0.573 e. The van der Waals surface area contributed by atoms with E-state index in [0.717, 1.165) is 0 Å². The molecule has 0 fully saturated rings. The molecule has 0 bridgehead atoms. The first kappa shape index (κ1) is 16.2. The molecule has 0 aliphatic carbocycles. The summed E-state index contributed by atoms with van der Waals surface area (Å²) >= 11 is 1.57. The van der Waals surface area contributed by atoms with E-state index in [2.05, 4.69) is 4.74 Å². The Labute approximate surface area is 117 Å². The van der Waals surface area contributed by atoms with Crippen molar-refractivity contribution in [3.63, 3.8) is 0 Å². The number of hydrogen-bond acceptors (Lipinski definition) is 2. The van der Waals surface area contributed by atoms with Crippen molar-refractivity contribution in [2.75, 3.05) is 6.61 Å². The highest BCUT2D eigenvalue weighted by molar-refractivity contribution is 14.1. The van der Waals surface area contributed by atoms with Crippen LogP contribution in [0, 0.1) is 3.57 Å². The minimum atomic E-state index is -5.20. The Morgan fingerprint density at radius 2 is 1.63 bits per heavy atom. The van der Waals surface area contributed by atoms with Crippen LogP contribution in [0.15, 0.2) is 12.1 Å². The fourth-order valence-corrected chi connectivity index (χ4v) is 1.83. The molecule has 1 aromatic carbocycles. The van der Waals surface area contributed by atoms with E-state index < -0.39 is 23.9 Å². The van der Waals surface area contributed by atoms with Crippen molar-refractivity contribution in [2.45, 2.75) is 19.5 Å². The highest BCUT2D eigenvalue weighted by Gasteiger charge is 2.40. The van der Waals surface area contributed by atoms with E-state index in [1.807, 2.05) is 0 Å². The Bertz CT molecular complexity index is 455. The molecule has 19 heavy (non-hydrogen) atoms. The maximum atomic E-state index is 12.7. The van der Waals surface area contributed by atoms with Crippen molar-refractivity contribution in [1.29, 1.82) is 0 Å². The average Bonchev–Trinajstić information content (AvgIpc) is 2.17. The monoisotopic (exact) mass is 400 g/mol. The molecule has 0 atom stereocenters. The predicted octanol–water partition coefficient (Wildman–Crippen LogP) is 4.61. The van der Waals surface area contributed by atoms with Crippen molar-refractivity contribution in [3.05, 3.63) is 21.3 Å². The molecule has 0 radical (unpaired) electrons. The molecule has 0 N–H and O–H groups in total. The van der Waals surface area contributed by atoms with Gasteiger partial charge in [0.05, 0.1) is 10.2 Å². The Morgan fingerprint density at radius 1 is 1.05 bits per heavy atom. The molecule has 1 rings (SSSR count). The van der Waals surface area contributed by atoms with Gasteiger partial charge in [-0.1, -0.05) is 0 Å². The third-order valence-corrected chi connectivity index (χ3v) is 2.71. The molecule has 0 amide bonds. The lowest BCUT2D eigenvalue weighted by Crippen LogP contribution is -2.20. The molecule has 9 heteroatoms. The van der Waals surface area contributed by atoms with E-state index in [9.17, 15) is 26.3 Å². The maximum absolute atomic E-state index is 12.7. The third kappa shape index (κ3) is 4.62. The van der Waals surface area contributed by atoms with Crippen LogP contribution in [0.25, 0.3) is 0 Å². The summed E-state index contributed by atoms with van der Waals surface area (Å²) in [5.41, 5.74) is -1.53. The lowest BCUT2D eigenvalue weighted by Gasteiger charge is -2.17. The summed E-state index contributed by atoms with van der Waals surface area (Å²) in [5, 5.41) is 0. The van der Waals surface area contributed by atoms with Gasteiger partial charge in [0.25, 0.3) is 0 Å². The Morgan fingerprint density at radius 3 is 2.05 bits per heavy atom. The molecule has 0 saturated carbocycles. The van der Waals surface area contributed by atoms with E-state index in [1.165, 1.54) is 0 Å². The van der Waals surface area contributed by atoms with Gasteiger partial charge in [-0.05, 0) is 41.6 Å². The first-order chi connectivity index (χ1) is 8.54.